The predicted octanol–water partition coefficient (Wildman–Crippen LogP) is 3.38. The highest BCUT2D eigenvalue weighted by atomic mass is 16.1. The molecular weight excluding hydrogens is 222 g/mol. The molecule has 1 N–H and O–H groups in total. The van der Waals surface area contributed by atoms with E-state index in [0.717, 1.165) is 11.5 Å². The van der Waals surface area contributed by atoms with E-state index in [9.17, 15) is 4.79 Å². The predicted molar refractivity (Wildman–Crippen MR) is 75.1 cm³/mol. The van der Waals surface area contributed by atoms with Crippen molar-refractivity contribution in [2.75, 3.05) is 13.6 Å². The van der Waals surface area contributed by atoms with Crippen LogP contribution in [0.2, 0.25) is 0 Å². The summed E-state index contributed by atoms with van der Waals surface area (Å²) in [4.78, 5) is 11.7. The molecule has 0 saturated heterocycles. The number of likely N-dealkylation sites (N-methyl/N-ethyl adjacent to an activating group) is 1. The number of nitrogens with one attached hydrogen (secondary N) is 1. The molecule has 0 amide bonds. The van der Waals surface area contributed by atoms with Crippen molar-refractivity contribution in [3.8, 4) is 0 Å². The van der Waals surface area contributed by atoms with Crippen LogP contribution in [-0.4, -0.2) is 19.4 Å². The molecule has 0 aliphatic heterocycles. The van der Waals surface area contributed by atoms with Crippen molar-refractivity contribution in [2.24, 2.45) is 5.92 Å². The molecule has 1 aliphatic carbocycles. The van der Waals surface area contributed by atoms with Gasteiger partial charge in [0.25, 0.3) is 0 Å². The molecular formula is C16H23NO. The molecule has 0 radical (unpaired) electrons. The minimum Gasteiger partial charge on any atom is -0.313 e. The number of benzene rings is 1. The number of rotatable bonds is 4. The molecule has 0 heterocycles. The van der Waals surface area contributed by atoms with Gasteiger partial charge in [0.1, 0.15) is 0 Å². The fraction of sp³-hybridized carbons (Fsp3) is 0.562. The first-order chi connectivity index (χ1) is 8.70. The minimum atomic E-state index is 0.168. The molecule has 1 aromatic rings. The van der Waals surface area contributed by atoms with Gasteiger partial charge in [0, 0.05) is 5.56 Å². The normalized spacial score (nSPS) is 23.9. The molecule has 98 valence electrons. The summed E-state index contributed by atoms with van der Waals surface area (Å²) in [6, 6.07) is 8.24. The monoisotopic (exact) mass is 245 g/mol. The van der Waals surface area contributed by atoms with E-state index in [1.165, 1.54) is 31.2 Å². The lowest BCUT2D eigenvalue weighted by molar-refractivity contribution is 0.0993. The zero-order chi connectivity index (χ0) is 13.0. The maximum absolute atomic E-state index is 11.7. The van der Waals surface area contributed by atoms with E-state index in [1.54, 1.807) is 7.05 Å². The van der Waals surface area contributed by atoms with Gasteiger partial charge in [-0.25, -0.2) is 0 Å². The van der Waals surface area contributed by atoms with Gasteiger partial charge in [0.2, 0.25) is 0 Å². The van der Waals surface area contributed by atoms with Crippen molar-refractivity contribution in [1.29, 1.82) is 0 Å². The van der Waals surface area contributed by atoms with Crippen LogP contribution < -0.4 is 5.32 Å². The van der Waals surface area contributed by atoms with E-state index in [4.69, 9.17) is 0 Å². The molecule has 2 heteroatoms. The van der Waals surface area contributed by atoms with Crippen molar-refractivity contribution >= 4 is 5.78 Å². The van der Waals surface area contributed by atoms with Gasteiger partial charge < -0.3 is 5.32 Å². The van der Waals surface area contributed by atoms with E-state index in [2.05, 4.69) is 24.4 Å². The first kappa shape index (κ1) is 13.3. The third kappa shape index (κ3) is 3.20. The van der Waals surface area contributed by atoms with Gasteiger partial charge >= 0.3 is 0 Å². The first-order valence-electron chi connectivity index (χ1n) is 6.98. The Morgan fingerprint density at radius 1 is 1.17 bits per heavy atom. The molecule has 1 aromatic carbocycles. The summed E-state index contributed by atoms with van der Waals surface area (Å²) in [6.45, 7) is 2.76. The second-order valence-corrected chi connectivity index (χ2v) is 5.53. The van der Waals surface area contributed by atoms with Gasteiger partial charge in [-0.1, -0.05) is 44.0 Å². The minimum absolute atomic E-state index is 0.168. The summed E-state index contributed by atoms with van der Waals surface area (Å²) >= 11 is 0. The van der Waals surface area contributed by atoms with Crippen molar-refractivity contribution in [2.45, 2.75) is 38.5 Å². The Kier molecular flexibility index (Phi) is 4.54. The smallest absolute Gasteiger partial charge is 0.176 e. The van der Waals surface area contributed by atoms with Crippen LogP contribution in [-0.2, 0) is 0 Å². The SMILES string of the molecule is CNCC(=O)c1ccc(C2CCC(C)CC2)cc1. The van der Waals surface area contributed by atoms with Crippen LogP contribution in [0.4, 0.5) is 0 Å². The topological polar surface area (TPSA) is 29.1 Å². The van der Waals surface area contributed by atoms with Crippen LogP contribution >= 0.6 is 0 Å². The largest absolute Gasteiger partial charge is 0.313 e. The van der Waals surface area contributed by atoms with Crippen molar-refractivity contribution in [3.05, 3.63) is 35.4 Å². The third-order valence-electron chi connectivity index (χ3n) is 4.06. The Bertz CT molecular complexity index is 388. The number of ketones is 1. The summed E-state index contributed by atoms with van der Waals surface area (Å²) in [5, 5.41) is 2.90. The van der Waals surface area contributed by atoms with Gasteiger partial charge in [-0.15, -0.1) is 0 Å². The number of hydrogen-bond donors (Lipinski definition) is 1. The molecule has 2 nitrogen and oxygen atoms in total. The zero-order valence-electron chi connectivity index (χ0n) is 11.4. The fourth-order valence-corrected chi connectivity index (χ4v) is 2.80. The summed E-state index contributed by atoms with van der Waals surface area (Å²) in [7, 11) is 1.80. The highest BCUT2D eigenvalue weighted by molar-refractivity contribution is 5.97. The number of carbonyl (C=O) groups excluding carboxylic acids is 1. The molecule has 1 saturated carbocycles. The van der Waals surface area contributed by atoms with Crippen LogP contribution in [0.5, 0.6) is 0 Å². The summed E-state index contributed by atoms with van der Waals surface area (Å²) < 4.78 is 0. The lowest BCUT2D eigenvalue weighted by Crippen LogP contribution is -2.18. The molecule has 18 heavy (non-hydrogen) atoms. The standard InChI is InChI=1S/C16H23NO/c1-12-3-5-13(6-4-12)14-7-9-15(10-8-14)16(18)11-17-2/h7-10,12-13,17H,3-6,11H2,1-2H3. The Hall–Kier alpha value is -1.15. The van der Waals surface area contributed by atoms with Gasteiger partial charge in [0.15, 0.2) is 5.78 Å². The van der Waals surface area contributed by atoms with Gasteiger partial charge in [-0.05, 0) is 37.3 Å². The molecule has 0 unspecified atom stereocenters. The van der Waals surface area contributed by atoms with Crippen LogP contribution in [0.25, 0.3) is 0 Å². The summed E-state index contributed by atoms with van der Waals surface area (Å²) in [6.07, 6.45) is 5.27. The second kappa shape index (κ2) is 6.14. The molecule has 0 atom stereocenters. The van der Waals surface area contributed by atoms with Crippen LogP contribution in [0, 0.1) is 5.92 Å². The van der Waals surface area contributed by atoms with E-state index < -0.39 is 0 Å². The average molecular weight is 245 g/mol. The molecule has 1 aliphatic rings. The maximum atomic E-state index is 11.7. The summed E-state index contributed by atoms with van der Waals surface area (Å²) in [5.41, 5.74) is 2.22. The lowest BCUT2D eigenvalue weighted by atomic mass is 9.79. The third-order valence-corrected chi connectivity index (χ3v) is 4.06. The molecule has 0 bridgehead atoms. The van der Waals surface area contributed by atoms with E-state index in [1.807, 2.05) is 12.1 Å². The first-order valence-corrected chi connectivity index (χ1v) is 6.98. The fourth-order valence-electron chi connectivity index (χ4n) is 2.80. The van der Waals surface area contributed by atoms with Crippen molar-refractivity contribution in [3.63, 3.8) is 0 Å². The molecule has 0 aromatic heterocycles. The number of hydrogen-bond acceptors (Lipinski definition) is 2. The van der Waals surface area contributed by atoms with E-state index >= 15 is 0 Å². The van der Waals surface area contributed by atoms with Crippen LogP contribution in [0.3, 0.4) is 0 Å². The Morgan fingerprint density at radius 3 is 2.33 bits per heavy atom. The summed E-state index contributed by atoms with van der Waals surface area (Å²) in [5.74, 6) is 1.76. The second-order valence-electron chi connectivity index (χ2n) is 5.53. The number of carbonyl (C=O) groups is 1. The van der Waals surface area contributed by atoms with E-state index in [0.29, 0.717) is 12.5 Å². The number of Topliss-reactive ketones (excluding diaryl/α,β-unsaturated/α-hetero) is 1. The van der Waals surface area contributed by atoms with Crippen molar-refractivity contribution < 1.29 is 4.79 Å². The highest BCUT2D eigenvalue weighted by Gasteiger charge is 2.19. The highest BCUT2D eigenvalue weighted by Crippen LogP contribution is 2.35. The zero-order valence-corrected chi connectivity index (χ0v) is 11.4. The van der Waals surface area contributed by atoms with Crippen LogP contribution in [0.15, 0.2) is 24.3 Å². The van der Waals surface area contributed by atoms with Crippen LogP contribution in [0.1, 0.15) is 54.4 Å². The Balaban J connectivity index is 2.01. The molecule has 2 rings (SSSR count). The molecule has 1 fully saturated rings. The van der Waals surface area contributed by atoms with Gasteiger partial charge in [0.05, 0.1) is 6.54 Å². The Labute approximate surface area is 110 Å². The van der Waals surface area contributed by atoms with Crippen molar-refractivity contribution in [1.82, 2.24) is 5.32 Å². The van der Waals surface area contributed by atoms with Gasteiger partial charge in [-0.2, -0.15) is 0 Å². The lowest BCUT2D eigenvalue weighted by Gasteiger charge is -2.26. The maximum Gasteiger partial charge on any atom is 0.176 e. The average Bonchev–Trinajstić information content (AvgIpc) is 2.40. The quantitative estimate of drug-likeness (QED) is 0.824. The van der Waals surface area contributed by atoms with Gasteiger partial charge in [-0.3, -0.25) is 4.79 Å². The van der Waals surface area contributed by atoms with E-state index in [-0.39, 0.29) is 5.78 Å². The Morgan fingerprint density at radius 2 is 1.78 bits per heavy atom. The molecule has 0 spiro atoms.